The Kier molecular flexibility index (Phi) is 3.82. The van der Waals surface area contributed by atoms with Crippen molar-refractivity contribution in [1.82, 2.24) is 9.80 Å². The third-order valence-corrected chi connectivity index (χ3v) is 3.79. The summed E-state index contributed by atoms with van der Waals surface area (Å²) >= 11 is 0. The number of piperidine rings is 1. The lowest BCUT2D eigenvalue weighted by molar-refractivity contribution is -0.135. The van der Waals surface area contributed by atoms with Crippen molar-refractivity contribution < 1.29 is 4.79 Å². The maximum Gasteiger partial charge on any atom is 0.236 e. The number of nitrogens with zero attached hydrogens (tertiary/aromatic N) is 2. The van der Waals surface area contributed by atoms with Crippen molar-refractivity contribution in [2.45, 2.75) is 44.7 Å². The molecule has 1 amide bonds. The number of likely N-dealkylation sites (tertiary alicyclic amines) is 2. The van der Waals surface area contributed by atoms with Gasteiger partial charge in [-0.1, -0.05) is 0 Å². The molecule has 2 atom stereocenters. The molecule has 0 aromatic rings. The summed E-state index contributed by atoms with van der Waals surface area (Å²) in [5.74, 6) is 0.293. The molecule has 0 radical (unpaired) electrons. The van der Waals surface area contributed by atoms with Crippen molar-refractivity contribution in [3.63, 3.8) is 0 Å². The predicted molar refractivity (Wildman–Crippen MR) is 64.1 cm³/mol. The Morgan fingerprint density at radius 3 is 2.75 bits per heavy atom. The quantitative estimate of drug-likeness (QED) is 0.741. The second-order valence-electron chi connectivity index (χ2n) is 5.22. The van der Waals surface area contributed by atoms with Crippen molar-refractivity contribution in [3.05, 3.63) is 0 Å². The normalized spacial score (nSPS) is 32.0. The zero-order valence-electron chi connectivity index (χ0n) is 10.2. The zero-order chi connectivity index (χ0) is 11.5. The minimum atomic E-state index is 0.270. The largest absolute Gasteiger partial charge is 0.339 e. The number of carbonyl (C=O) groups excluding carboxylic acids is 1. The van der Waals surface area contributed by atoms with E-state index < -0.39 is 0 Å². The molecule has 2 rings (SSSR count). The number of hydrogen-bond acceptors (Lipinski definition) is 3. The molecular formula is C12H23N3O. The summed E-state index contributed by atoms with van der Waals surface area (Å²) < 4.78 is 0. The average Bonchev–Trinajstić information content (AvgIpc) is 2.64. The van der Waals surface area contributed by atoms with Gasteiger partial charge >= 0.3 is 0 Å². The molecule has 16 heavy (non-hydrogen) atoms. The van der Waals surface area contributed by atoms with Gasteiger partial charge in [0.25, 0.3) is 0 Å². The van der Waals surface area contributed by atoms with E-state index in [1.807, 2.05) is 4.90 Å². The molecule has 2 N–H and O–H groups in total. The number of amides is 1. The molecule has 4 heteroatoms. The molecule has 2 heterocycles. The lowest BCUT2D eigenvalue weighted by Gasteiger charge is -2.34. The summed E-state index contributed by atoms with van der Waals surface area (Å²) in [5.41, 5.74) is 5.84. The van der Waals surface area contributed by atoms with Gasteiger partial charge in [-0.25, -0.2) is 0 Å². The van der Waals surface area contributed by atoms with Crippen LogP contribution in [-0.4, -0.2) is 54.0 Å². The van der Waals surface area contributed by atoms with E-state index >= 15 is 0 Å². The first kappa shape index (κ1) is 11.9. The fraction of sp³-hybridized carbons (Fsp3) is 0.917. The van der Waals surface area contributed by atoms with E-state index in [2.05, 4.69) is 11.8 Å². The third kappa shape index (κ3) is 2.74. The summed E-state index contributed by atoms with van der Waals surface area (Å²) in [6.07, 6.45) is 4.61. The molecule has 2 aliphatic rings. The number of carbonyl (C=O) groups is 1. The van der Waals surface area contributed by atoms with Crippen LogP contribution in [0.15, 0.2) is 0 Å². The predicted octanol–water partition coefficient (Wildman–Crippen LogP) is 0.420. The van der Waals surface area contributed by atoms with Crippen molar-refractivity contribution in [2.24, 2.45) is 5.73 Å². The highest BCUT2D eigenvalue weighted by molar-refractivity contribution is 5.78. The molecule has 4 nitrogen and oxygen atoms in total. The first-order valence-corrected chi connectivity index (χ1v) is 6.44. The van der Waals surface area contributed by atoms with Crippen molar-refractivity contribution >= 4 is 5.91 Å². The van der Waals surface area contributed by atoms with Crippen molar-refractivity contribution in [2.75, 3.05) is 26.2 Å². The van der Waals surface area contributed by atoms with Crippen molar-refractivity contribution in [3.8, 4) is 0 Å². The fourth-order valence-electron chi connectivity index (χ4n) is 2.76. The monoisotopic (exact) mass is 225 g/mol. The molecular weight excluding hydrogens is 202 g/mol. The topological polar surface area (TPSA) is 49.6 Å². The summed E-state index contributed by atoms with van der Waals surface area (Å²) in [6, 6.07) is 0.698. The fourth-order valence-corrected chi connectivity index (χ4v) is 2.76. The van der Waals surface area contributed by atoms with Crippen LogP contribution in [0.1, 0.15) is 32.6 Å². The lowest BCUT2D eigenvalue weighted by Crippen LogP contribution is -2.46. The van der Waals surface area contributed by atoms with Gasteiger partial charge in [-0.3, -0.25) is 9.69 Å². The average molecular weight is 225 g/mol. The zero-order valence-corrected chi connectivity index (χ0v) is 10.2. The van der Waals surface area contributed by atoms with Crippen LogP contribution in [0.3, 0.4) is 0 Å². The van der Waals surface area contributed by atoms with Gasteiger partial charge in [0.15, 0.2) is 0 Å². The molecule has 2 aliphatic heterocycles. The van der Waals surface area contributed by atoms with Crippen molar-refractivity contribution in [1.29, 1.82) is 0 Å². The van der Waals surface area contributed by atoms with Crippen LogP contribution in [0.4, 0.5) is 0 Å². The Balaban J connectivity index is 1.82. The second-order valence-corrected chi connectivity index (χ2v) is 5.22. The molecule has 2 fully saturated rings. The molecule has 0 aromatic heterocycles. The number of rotatable bonds is 2. The molecule has 0 bridgehead atoms. The summed E-state index contributed by atoms with van der Waals surface area (Å²) in [7, 11) is 0. The minimum absolute atomic E-state index is 0.270. The maximum atomic E-state index is 12.1. The molecule has 2 saturated heterocycles. The van der Waals surface area contributed by atoms with Crippen LogP contribution >= 0.6 is 0 Å². The maximum absolute atomic E-state index is 12.1. The Morgan fingerprint density at radius 2 is 2.12 bits per heavy atom. The van der Waals surface area contributed by atoms with Crippen LogP contribution in [-0.2, 0) is 4.79 Å². The first-order chi connectivity index (χ1) is 7.66. The van der Waals surface area contributed by atoms with Gasteiger partial charge in [0, 0.05) is 31.7 Å². The van der Waals surface area contributed by atoms with E-state index in [1.54, 1.807) is 0 Å². The van der Waals surface area contributed by atoms with Crippen LogP contribution in [0.2, 0.25) is 0 Å². The van der Waals surface area contributed by atoms with Gasteiger partial charge in [0.05, 0.1) is 6.54 Å². The van der Waals surface area contributed by atoms with Crippen LogP contribution < -0.4 is 5.73 Å². The Bertz CT molecular complexity index is 257. The highest BCUT2D eigenvalue weighted by Crippen LogP contribution is 2.17. The Hall–Kier alpha value is -0.610. The third-order valence-electron chi connectivity index (χ3n) is 3.79. The lowest BCUT2D eigenvalue weighted by atomic mass is 10.0. The summed E-state index contributed by atoms with van der Waals surface area (Å²) in [5, 5.41) is 0. The SMILES string of the molecule is C[C@H]1CCCCN1C(=O)CN1CC[C@@H](N)C1. The van der Waals surface area contributed by atoms with Crippen LogP contribution in [0.5, 0.6) is 0 Å². The van der Waals surface area contributed by atoms with E-state index in [-0.39, 0.29) is 6.04 Å². The Morgan fingerprint density at radius 1 is 1.31 bits per heavy atom. The molecule has 0 saturated carbocycles. The van der Waals surface area contributed by atoms with Gasteiger partial charge in [-0.2, -0.15) is 0 Å². The second kappa shape index (κ2) is 5.15. The molecule has 92 valence electrons. The van der Waals surface area contributed by atoms with Gasteiger partial charge < -0.3 is 10.6 Å². The number of nitrogens with two attached hydrogens (primary N) is 1. The highest BCUT2D eigenvalue weighted by atomic mass is 16.2. The summed E-state index contributed by atoms with van der Waals surface area (Å²) in [4.78, 5) is 16.4. The van der Waals surface area contributed by atoms with E-state index in [9.17, 15) is 4.79 Å². The Labute approximate surface area is 97.8 Å². The molecule has 0 unspecified atom stereocenters. The smallest absolute Gasteiger partial charge is 0.236 e. The van der Waals surface area contributed by atoms with E-state index in [4.69, 9.17) is 5.73 Å². The van der Waals surface area contributed by atoms with Gasteiger partial charge in [-0.15, -0.1) is 0 Å². The van der Waals surface area contributed by atoms with Gasteiger partial charge in [-0.05, 0) is 32.6 Å². The van der Waals surface area contributed by atoms with Gasteiger partial charge in [0.1, 0.15) is 0 Å². The van der Waals surface area contributed by atoms with E-state index in [0.717, 1.165) is 38.9 Å². The molecule has 0 aliphatic carbocycles. The number of hydrogen-bond donors (Lipinski definition) is 1. The molecule has 0 aromatic carbocycles. The van der Waals surface area contributed by atoms with Gasteiger partial charge in [0.2, 0.25) is 5.91 Å². The molecule has 0 spiro atoms. The van der Waals surface area contributed by atoms with E-state index in [1.165, 1.54) is 6.42 Å². The first-order valence-electron chi connectivity index (χ1n) is 6.44. The van der Waals surface area contributed by atoms with E-state index in [0.29, 0.717) is 18.5 Å². The highest BCUT2D eigenvalue weighted by Gasteiger charge is 2.27. The minimum Gasteiger partial charge on any atom is -0.339 e. The standard InChI is InChI=1S/C12H23N3O/c1-10-4-2-3-6-15(10)12(16)9-14-7-5-11(13)8-14/h10-11H,2-9,13H2,1H3/t10-,11+/m0/s1. The summed E-state index contributed by atoms with van der Waals surface area (Å²) in [6.45, 7) is 5.54. The van der Waals surface area contributed by atoms with Crippen LogP contribution in [0, 0.1) is 0 Å². The van der Waals surface area contributed by atoms with Crippen LogP contribution in [0.25, 0.3) is 0 Å².